The number of aliphatic hydroxyl groups is 1. The maximum Gasteiger partial charge on any atom is 0.401 e. The number of hydrogen-bond donors (Lipinski definition) is 2. The molecule has 95 heavy (non-hydrogen) atoms. The molecule has 1 aliphatic rings. The highest BCUT2D eigenvalue weighted by molar-refractivity contribution is 6.00. The second-order valence-corrected chi connectivity index (χ2v) is 29.1. The molecule has 2 N–H and O–H groups in total. The maximum absolute atomic E-state index is 15.3. The summed E-state index contributed by atoms with van der Waals surface area (Å²) in [5.41, 5.74) is 0. The summed E-state index contributed by atoms with van der Waals surface area (Å²) in [7, 11) is 11.1. The maximum atomic E-state index is 15.3. The van der Waals surface area contributed by atoms with Crippen molar-refractivity contribution in [3.8, 4) is 0 Å². The third-order valence-corrected chi connectivity index (χ3v) is 18.7. The molecule has 0 aliphatic carbocycles. The van der Waals surface area contributed by atoms with Gasteiger partial charge in [0.05, 0.1) is 37.9 Å². The van der Waals surface area contributed by atoms with E-state index in [1.54, 1.807) is 81.4 Å². The molecule has 0 bridgehead atoms. The topological polar surface area (TPSA) is 255 Å². The summed E-state index contributed by atoms with van der Waals surface area (Å²) in [5, 5.41) is 14.9. The van der Waals surface area contributed by atoms with E-state index in [9.17, 15) is 47.0 Å². The van der Waals surface area contributed by atoms with Crippen LogP contribution in [0.15, 0.2) is 12.2 Å². The van der Waals surface area contributed by atoms with Gasteiger partial charge in [-0.2, -0.15) is 13.2 Å². The van der Waals surface area contributed by atoms with E-state index >= 15 is 24.0 Å². The van der Waals surface area contributed by atoms with Crippen LogP contribution in [0.5, 0.6) is 0 Å². The summed E-state index contributed by atoms with van der Waals surface area (Å²) in [4.78, 5) is 173. The van der Waals surface area contributed by atoms with Crippen molar-refractivity contribution in [3.05, 3.63) is 12.2 Å². The number of hydrogen-bond acceptors (Lipinski definition) is 14. The Hall–Kier alpha value is -5.82. The minimum atomic E-state index is -4.47. The van der Waals surface area contributed by atoms with Crippen LogP contribution in [0.25, 0.3) is 0 Å². The number of ether oxygens (including phenoxy) is 1. The number of alkyl halides is 3. The molecule has 8 amide bonds. The highest BCUT2D eigenvalue weighted by Crippen LogP contribution is 2.30. The number of nitrogens with one attached hydrogen (secondary N) is 1. The summed E-state index contributed by atoms with van der Waals surface area (Å²) in [6, 6.07) is -10.4. The monoisotopic (exact) mass is 1350 g/mol. The summed E-state index contributed by atoms with van der Waals surface area (Å²) in [6.45, 7) is 27.6. The van der Waals surface area contributed by atoms with Crippen molar-refractivity contribution >= 4 is 64.6 Å². The van der Waals surface area contributed by atoms with Crippen LogP contribution in [0.4, 0.5) is 13.2 Å². The molecule has 1 unspecified atom stereocenters. The highest BCUT2D eigenvalue weighted by atomic mass is 19.4. The average Bonchev–Trinajstić information content (AvgIpc) is 0.816. The van der Waals surface area contributed by atoms with Crippen molar-refractivity contribution in [1.29, 1.82) is 0 Å². The molecule has 1 saturated heterocycles. The number of allylic oxidation sites excluding steroid dienone is 2. The lowest BCUT2D eigenvalue weighted by Gasteiger charge is -2.41. The van der Waals surface area contributed by atoms with Crippen LogP contribution >= 0.6 is 0 Å². The van der Waals surface area contributed by atoms with E-state index in [4.69, 9.17) is 4.74 Å². The molecule has 0 radical (unpaired) electrons. The summed E-state index contributed by atoms with van der Waals surface area (Å²) in [6.07, 6.45) is -2.83. The van der Waals surface area contributed by atoms with Gasteiger partial charge in [-0.25, -0.2) is 0 Å². The zero-order valence-corrected chi connectivity index (χ0v) is 62.2. The van der Waals surface area contributed by atoms with E-state index in [2.05, 4.69) is 5.32 Å². The van der Waals surface area contributed by atoms with Crippen molar-refractivity contribution in [3.63, 3.8) is 0 Å². The number of halogens is 3. The van der Waals surface area contributed by atoms with Crippen LogP contribution in [0, 0.1) is 59.2 Å². The Bertz CT molecular complexity index is 2600. The minimum Gasteiger partial charge on any atom is -0.390 e. The Morgan fingerprint density at radius 2 is 1.02 bits per heavy atom. The molecule has 0 aromatic heterocycles. The second-order valence-electron chi connectivity index (χ2n) is 29.1. The Morgan fingerprint density at radius 1 is 0.558 bits per heavy atom. The molecule has 1 heterocycles. The predicted octanol–water partition coefficient (Wildman–Crippen LogP) is 7.03. The molecular weight excluding hydrogens is 1230 g/mol. The SMILES string of the molecule is C/C=C/C[C@@H](C)[C@@H](O)C1C(=O)N[C@@H](CC)C(=O)N(C)[C@H](C)C(=O)N(C)[C@@H]([C@H](C)COCCN(C)CC(F)(F)F)C(=O)C[C@@H](C(C)C)C(=O)N(C)[C@@H](CC(C)C)C(=O)C[C@@H](C)C(=O)C[C@H](C)C(=O)N(C)[C@@H](CC(C)C)C(=O)N(C)[C@@H](CC(C)C)C(=O)N(C)[C@@H](C(C)C)C(=O)N1C. The molecular formula is C70H122F3N9O13. The molecule has 0 aromatic rings. The van der Waals surface area contributed by atoms with Gasteiger partial charge in [0, 0.05) is 98.8 Å². The van der Waals surface area contributed by atoms with E-state index in [0.29, 0.717) is 0 Å². The third kappa shape index (κ3) is 25.5. The molecule has 22 nitrogen and oxygen atoms in total. The quantitative estimate of drug-likeness (QED) is 0.0917. The number of aliphatic hydroxyl groups excluding tert-OH is 1. The molecule has 546 valence electrons. The normalized spacial score (nSPS) is 26.9. The summed E-state index contributed by atoms with van der Waals surface area (Å²) >= 11 is 0. The van der Waals surface area contributed by atoms with Crippen LogP contribution in [0.3, 0.4) is 0 Å². The van der Waals surface area contributed by atoms with Crippen molar-refractivity contribution in [1.82, 2.24) is 44.5 Å². The largest absolute Gasteiger partial charge is 0.401 e. The van der Waals surface area contributed by atoms with Crippen LogP contribution in [0.2, 0.25) is 0 Å². The van der Waals surface area contributed by atoms with E-state index < -0.39 is 180 Å². The molecule has 14 atom stereocenters. The predicted molar refractivity (Wildman–Crippen MR) is 361 cm³/mol. The first-order valence-corrected chi connectivity index (χ1v) is 34.1. The van der Waals surface area contributed by atoms with Crippen LogP contribution in [-0.4, -0.2) is 252 Å². The lowest BCUT2D eigenvalue weighted by atomic mass is 9.83. The summed E-state index contributed by atoms with van der Waals surface area (Å²) in [5.74, 6) is -13.0. The second kappa shape index (κ2) is 39.5. The Balaban J connectivity index is 4.45. The smallest absolute Gasteiger partial charge is 0.390 e. The van der Waals surface area contributed by atoms with Gasteiger partial charge in [0.1, 0.15) is 42.0 Å². The number of carbonyl (C=O) groups is 11. The summed E-state index contributed by atoms with van der Waals surface area (Å²) < 4.78 is 45.5. The van der Waals surface area contributed by atoms with Crippen LogP contribution in [0.1, 0.15) is 169 Å². The van der Waals surface area contributed by atoms with Crippen molar-refractivity contribution in [2.24, 2.45) is 59.2 Å². The zero-order chi connectivity index (χ0) is 73.8. The lowest BCUT2D eigenvalue weighted by Crippen LogP contribution is -2.63. The fourth-order valence-electron chi connectivity index (χ4n) is 12.6. The molecule has 1 aliphatic heterocycles. The van der Waals surface area contributed by atoms with Crippen molar-refractivity contribution in [2.75, 3.05) is 82.7 Å². The number of Topliss-reactive ketones (excluding diaryl/α,β-unsaturated/α-hetero) is 3. The fraction of sp³-hybridized carbons (Fsp3) is 0.814. The Morgan fingerprint density at radius 3 is 1.49 bits per heavy atom. The molecule has 0 spiro atoms. The van der Waals surface area contributed by atoms with Gasteiger partial charge in [0.15, 0.2) is 11.6 Å². The van der Waals surface area contributed by atoms with Gasteiger partial charge in [-0.05, 0) is 88.5 Å². The molecule has 0 aromatic carbocycles. The first-order chi connectivity index (χ1) is 43.7. The highest BCUT2D eigenvalue weighted by Gasteiger charge is 2.47. The standard InChI is InChI=1S/C70H122F3N9O13/c1-26-28-29-45(13)61(86)60-62(87)74-51(27-2)66(91)76(19)49(17)64(89)81(24)59(48(16)38-95-31-30-75(18)39-70(71,72)73)57(85)37-50(43(9)10)65(90)77(20)52(32-40(3)4)56(84)35-46(14)55(83)36-47(15)63(88)78(21)53(33-41(5)6)67(92)79(22)54(34-42(7)8)68(93)80(23)58(44(11)12)69(94)82(60)25/h26,28,40-54,58-61,86H,27,29-39H2,1-25H3,(H,74,87)/b28-26+/t45-,46-,47+,48-,49-,50+,51+,52+,53+,54+,58+,59+,60?,61-/m1/s1. The van der Waals surface area contributed by atoms with Crippen LogP contribution < -0.4 is 5.32 Å². The first kappa shape index (κ1) is 87.2. The number of ketones is 3. The van der Waals surface area contributed by atoms with Crippen molar-refractivity contribution in [2.45, 2.75) is 230 Å². The number of amides is 8. The first-order valence-electron chi connectivity index (χ1n) is 34.1. The van der Waals surface area contributed by atoms with Crippen molar-refractivity contribution < 1.29 is 75.8 Å². The number of carbonyl (C=O) groups excluding carboxylic acids is 11. The van der Waals surface area contributed by atoms with Gasteiger partial charge < -0.3 is 49.5 Å². The number of nitrogens with zero attached hydrogens (tertiary/aromatic N) is 8. The molecule has 1 rings (SSSR count). The molecule has 1 fully saturated rings. The van der Waals surface area contributed by atoms with Gasteiger partial charge in [-0.15, -0.1) is 0 Å². The Kier molecular flexibility index (Phi) is 36.3. The third-order valence-electron chi connectivity index (χ3n) is 18.7. The fourth-order valence-corrected chi connectivity index (χ4v) is 12.6. The minimum absolute atomic E-state index is 0.0515. The van der Waals surface area contributed by atoms with E-state index in [1.165, 1.54) is 82.9 Å². The van der Waals surface area contributed by atoms with E-state index in [-0.39, 0.29) is 82.5 Å². The number of rotatable bonds is 20. The Labute approximate surface area is 566 Å². The molecule has 25 heteroatoms. The van der Waals surface area contributed by atoms with Gasteiger partial charge in [-0.3, -0.25) is 57.6 Å². The zero-order valence-electron chi connectivity index (χ0n) is 62.2. The van der Waals surface area contributed by atoms with E-state index in [1.807, 2.05) is 41.5 Å². The number of likely N-dealkylation sites (N-methyl/N-ethyl adjacent to an activating group) is 8. The lowest BCUT2D eigenvalue weighted by molar-refractivity contribution is -0.157. The molecule has 0 saturated carbocycles. The van der Waals surface area contributed by atoms with E-state index in [0.717, 1.165) is 19.6 Å². The van der Waals surface area contributed by atoms with Gasteiger partial charge in [0.25, 0.3) is 0 Å². The van der Waals surface area contributed by atoms with Gasteiger partial charge in [0.2, 0.25) is 47.3 Å². The van der Waals surface area contributed by atoms with Gasteiger partial charge >= 0.3 is 6.18 Å². The average molecular weight is 1350 g/mol. The van der Waals surface area contributed by atoms with Crippen LogP contribution in [-0.2, 0) is 57.5 Å². The van der Waals surface area contributed by atoms with Gasteiger partial charge in [-0.1, -0.05) is 116 Å².